The SMILES string of the molecule is COCCN(C)CC[C@@H](C)[C@@H](O)[C@H]1C(=O)N[C@@H]([C@@H](C)O)C(=O)N(C)CC(=O)N(C)[C@@H](CC(C)C)C(=O)N[C@@H](CC(C)C)C(=O)N(C)[C@@H](CC(C)C)C(=O)N[C@@H](C)C(=O)O[C@H](C(C)C)C(=O)N(C)[C@@H](CC(C)C)C(=O)N[C@@H](CC(C)C)C(=O)N(C)[C@@H](C(C)C)C(=O)N1C. The summed E-state index contributed by atoms with van der Waals surface area (Å²) in [5.41, 5.74) is 0. The van der Waals surface area contributed by atoms with E-state index in [1.54, 1.807) is 41.7 Å². The maximum absolute atomic E-state index is 15.3. The maximum atomic E-state index is 15.3. The fourth-order valence-corrected chi connectivity index (χ4v) is 11.3. The van der Waals surface area contributed by atoms with Crippen molar-refractivity contribution in [3.8, 4) is 0 Å². The van der Waals surface area contributed by atoms with E-state index in [2.05, 4.69) is 21.3 Å². The molecule has 1 aliphatic heterocycles. The zero-order valence-corrected chi connectivity index (χ0v) is 60.5. The summed E-state index contributed by atoms with van der Waals surface area (Å²) in [5.74, 6) is -11.6. The molecule has 0 radical (unpaired) electrons. The predicted octanol–water partition coefficient (Wildman–Crippen LogP) is 2.35. The molecule has 92 heavy (non-hydrogen) atoms. The molecule has 0 bridgehead atoms. The van der Waals surface area contributed by atoms with Gasteiger partial charge in [0.05, 0.1) is 25.4 Å². The Morgan fingerprint density at radius 2 is 0.913 bits per heavy atom. The Morgan fingerprint density at radius 3 is 1.33 bits per heavy atom. The summed E-state index contributed by atoms with van der Waals surface area (Å²) in [6.07, 6.45) is -3.88. The number of rotatable bonds is 21. The van der Waals surface area contributed by atoms with Gasteiger partial charge in [-0.25, -0.2) is 4.79 Å². The highest BCUT2D eigenvalue weighted by Crippen LogP contribution is 2.25. The number of hydrogen-bond acceptors (Lipinski definition) is 16. The van der Waals surface area contributed by atoms with Crippen LogP contribution >= 0.6 is 0 Å². The number of nitrogens with zero attached hydrogens (tertiary/aromatic N) is 7. The third-order valence-corrected chi connectivity index (χ3v) is 17.0. The van der Waals surface area contributed by atoms with E-state index in [1.807, 2.05) is 81.2 Å². The zero-order chi connectivity index (χ0) is 71.3. The van der Waals surface area contributed by atoms with Gasteiger partial charge < -0.3 is 75.3 Å². The van der Waals surface area contributed by atoms with Gasteiger partial charge in [0, 0.05) is 55.9 Å². The van der Waals surface area contributed by atoms with Crippen LogP contribution < -0.4 is 21.3 Å². The average molecular weight is 1310 g/mol. The van der Waals surface area contributed by atoms with E-state index in [-0.39, 0.29) is 61.7 Å². The molecule has 10 amide bonds. The molecule has 0 aliphatic carbocycles. The second-order valence-electron chi connectivity index (χ2n) is 28.6. The largest absolute Gasteiger partial charge is 0.450 e. The van der Waals surface area contributed by atoms with Gasteiger partial charge in [-0.05, 0) is 113 Å². The fraction of sp³-hybridized carbons (Fsp3) is 0.833. The lowest BCUT2D eigenvalue weighted by Crippen LogP contribution is -2.64. The fourth-order valence-electron chi connectivity index (χ4n) is 11.3. The van der Waals surface area contributed by atoms with Crippen LogP contribution in [0.2, 0.25) is 0 Å². The van der Waals surface area contributed by atoms with Crippen molar-refractivity contribution < 1.29 is 72.4 Å². The van der Waals surface area contributed by atoms with Crippen LogP contribution in [0.3, 0.4) is 0 Å². The minimum atomic E-state index is -1.76. The number of amides is 10. The number of likely N-dealkylation sites (N-methyl/N-ethyl adjacent to an activating group) is 7. The van der Waals surface area contributed by atoms with E-state index in [4.69, 9.17) is 9.47 Å². The van der Waals surface area contributed by atoms with E-state index < -0.39 is 162 Å². The van der Waals surface area contributed by atoms with E-state index >= 15 is 14.4 Å². The lowest BCUT2D eigenvalue weighted by Gasteiger charge is -2.40. The molecule has 1 fully saturated rings. The molecule has 1 saturated heterocycles. The van der Waals surface area contributed by atoms with Gasteiger partial charge >= 0.3 is 5.97 Å². The summed E-state index contributed by atoms with van der Waals surface area (Å²) < 4.78 is 11.1. The van der Waals surface area contributed by atoms with Gasteiger partial charge in [-0.1, -0.05) is 104 Å². The number of carbonyl (C=O) groups excluding carboxylic acids is 11. The number of hydrogen-bond donors (Lipinski definition) is 6. The molecule has 0 unspecified atom stereocenters. The quantitative estimate of drug-likeness (QED) is 0.0899. The van der Waals surface area contributed by atoms with Crippen molar-refractivity contribution in [1.82, 2.24) is 55.6 Å². The molecule has 26 heteroatoms. The molecule has 0 aromatic heterocycles. The molecule has 0 saturated carbocycles. The van der Waals surface area contributed by atoms with E-state index in [0.717, 1.165) is 14.7 Å². The Morgan fingerprint density at radius 1 is 0.500 bits per heavy atom. The first-order chi connectivity index (χ1) is 42.4. The van der Waals surface area contributed by atoms with Crippen molar-refractivity contribution >= 4 is 65.0 Å². The van der Waals surface area contributed by atoms with Crippen LogP contribution in [-0.4, -0.2) is 265 Å². The number of carbonyl (C=O) groups is 11. The molecule has 1 rings (SSSR count). The average Bonchev–Trinajstić information content (AvgIpc) is 0.834. The molecule has 0 aromatic carbocycles. The topological polar surface area (TPSA) is 317 Å². The number of esters is 1. The minimum Gasteiger partial charge on any atom is -0.450 e. The molecular weight excluding hydrogens is 1190 g/mol. The van der Waals surface area contributed by atoms with Gasteiger partial charge in [0.1, 0.15) is 54.4 Å². The molecule has 0 spiro atoms. The highest BCUT2D eigenvalue weighted by molar-refractivity contribution is 5.99. The van der Waals surface area contributed by atoms with E-state index in [9.17, 15) is 48.6 Å². The van der Waals surface area contributed by atoms with Crippen molar-refractivity contribution in [2.45, 2.75) is 229 Å². The number of cyclic esters (lactones) is 1. The Kier molecular flexibility index (Phi) is 35.6. The first-order valence-electron chi connectivity index (χ1n) is 33.0. The van der Waals surface area contributed by atoms with Crippen LogP contribution in [0.25, 0.3) is 0 Å². The highest BCUT2D eigenvalue weighted by atomic mass is 16.6. The van der Waals surface area contributed by atoms with Crippen LogP contribution in [0.5, 0.6) is 0 Å². The number of aliphatic hydroxyl groups excluding tert-OH is 2. The number of ether oxygens (including phenoxy) is 2. The van der Waals surface area contributed by atoms with Crippen LogP contribution in [0.4, 0.5) is 0 Å². The summed E-state index contributed by atoms with van der Waals surface area (Å²) in [7, 11) is 11.6. The number of aliphatic hydroxyl groups is 2. The van der Waals surface area contributed by atoms with E-state index in [0.29, 0.717) is 26.1 Å². The predicted molar refractivity (Wildman–Crippen MR) is 351 cm³/mol. The third-order valence-electron chi connectivity index (χ3n) is 17.0. The molecule has 1 aliphatic rings. The Hall–Kier alpha value is -5.99. The van der Waals surface area contributed by atoms with Crippen LogP contribution in [0, 0.1) is 47.3 Å². The summed E-state index contributed by atoms with van der Waals surface area (Å²) in [6.45, 7) is 30.1. The standard InChI is InChI=1S/C66H121N11O15/c1-36(2)30-46-61(85)74(21)49(33-39(7)8)57(81)67-44(16)66(90)92-56(42(13)14)65(89)75(22)50(34-40(9)10)59(83)69-47(31-37(3)4)62(86)76(23)53(41(11)12)64(88)77(24)54(55(80)43(15)26-27-71(18)28-29-91-25)60(84)70-52(45(17)78)63(87)72(19)35-51(79)73(20)48(32-38(5)6)58(82)68-46/h36-50,52-56,78,80H,26-35H2,1-25H3,(H,67,81)(H,68,82)(H,69,83)(H,70,84)/t43-,44+,45-,46+,47+,48+,49+,50+,52+,53+,54+,55-,56-/m1/s1. The highest BCUT2D eigenvalue weighted by Gasteiger charge is 2.46. The molecule has 530 valence electrons. The molecule has 13 atom stereocenters. The smallest absolute Gasteiger partial charge is 0.329 e. The second kappa shape index (κ2) is 39.0. The molecule has 26 nitrogen and oxygen atoms in total. The Balaban J connectivity index is 4.44. The molecule has 6 N–H and O–H groups in total. The van der Waals surface area contributed by atoms with Crippen molar-refractivity contribution in [2.24, 2.45) is 47.3 Å². The molecule has 1 heterocycles. The van der Waals surface area contributed by atoms with Gasteiger partial charge in [-0.2, -0.15) is 0 Å². The summed E-state index contributed by atoms with van der Waals surface area (Å²) in [4.78, 5) is 170. The maximum Gasteiger partial charge on any atom is 0.329 e. The number of methoxy groups -OCH3 is 1. The third kappa shape index (κ3) is 25.4. The first kappa shape index (κ1) is 84.0. The van der Waals surface area contributed by atoms with Crippen molar-refractivity contribution in [2.75, 3.05) is 82.7 Å². The van der Waals surface area contributed by atoms with Crippen LogP contribution in [0.15, 0.2) is 0 Å². The van der Waals surface area contributed by atoms with Crippen LogP contribution in [0.1, 0.15) is 156 Å². The van der Waals surface area contributed by atoms with Crippen molar-refractivity contribution in [3.63, 3.8) is 0 Å². The molecule has 0 aromatic rings. The first-order valence-corrected chi connectivity index (χ1v) is 33.0. The molecular formula is C66H121N11O15. The monoisotopic (exact) mass is 1310 g/mol. The van der Waals surface area contributed by atoms with Gasteiger partial charge in [0.15, 0.2) is 6.10 Å². The van der Waals surface area contributed by atoms with Crippen molar-refractivity contribution in [1.29, 1.82) is 0 Å². The zero-order valence-electron chi connectivity index (χ0n) is 60.5. The minimum absolute atomic E-state index is 0.0743. The second-order valence-corrected chi connectivity index (χ2v) is 28.6. The van der Waals surface area contributed by atoms with E-state index in [1.165, 1.54) is 70.8 Å². The van der Waals surface area contributed by atoms with Crippen LogP contribution in [-0.2, 0) is 62.2 Å². The number of nitrogens with one attached hydrogen (secondary N) is 4. The lowest BCUT2D eigenvalue weighted by atomic mass is 9.91. The Bertz CT molecular complexity index is 2440. The van der Waals surface area contributed by atoms with Gasteiger partial charge in [-0.15, -0.1) is 0 Å². The summed E-state index contributed by atoms with van der Waals surface area (Å²) in [5, 5.41) is 34.6. The van der Waals surface area contributed by atoms with Gasteiger partial charge in [-0.3, -0.25) is 47.9 Å². The van der Waals surface area contributed by atoms with Crippen molar-refractivity contribution in [3.05, 3.63) is 0 Å². The normalized spacial score (nSPS) is 26.1. The summed E-state index contributed by atoms with van der Waals surface area (Å²) >= 11 is 0. The van der Waals surface area contributed by atoms with Gasteiger partial charge in [0.2, 0.25) is 53.2 Å². The van der Waals surface area contributed by atoms with Gasteiger partial charge in [0.25, 0.3) is 5.91 Å². The Labute approximate surface area is 550 Å². The summed E-state index contributed by atoms with van der Waals surface area (Å²) in [6, 6.07) is -12.3. The lowest BCUT2D eigenvalue weighted by molar-refractivity contribution is -0.166.